The summed E-state index contributed by atoms with van der Waals surface area (Å²) in [6, 6.07) is 9.61. The van der Waals surface area contributed by atoms with Gasteiger partial charge in [-0.15, -0.1) is 0 Å². The lowest BCUT2D eigenvalue weighted by molar-refractivity contribution is -0.146. The van der Waals surface area contributed by atoms with Crippen molar-refractivity contribution in [1.82, 2.24) is 0 Å². The van der Waals surface area contributed by atoms with Gasteiger partial charge in [-0.3, -0.25) is 0 Å². The SMILES string of the molecule is C=C(C(=O)OCC)C(=O)OCCc1ccccc1. The molecule has 1 aromatic carbocycles. The second-order valence-corrected chi connectivity index (χ2v) is 3.57. The molecule has 0 N–H and O–H groups in total. The van der Waals surface area contributed by atoms with Crippen molar-refractivity contribution in [3.63, 3.8) is 0 Å². The van der Waals surface area contributed by atoms with Crippen LogP contribution in [0.2, 0.25) is 0 Å². The molecule has 96 valence electrons. The van der Waals surface area contributed by atoms with Gasteiger partial charge in [-0.2, -0.15) is 0 Å². The van der Waals surface area contributed by atoms with Crippen molar-refractivity contribution in [2.75, 3.05) is 13.2 Å². The Balaban J connectivity index is 2.33. The van der Waals surface area contributed by atoms with Crippen LogP contribution in [0.5, 0.6) is 0 Å². The number of rotatable bonds is 6. The molecule has 0 fully saturated rings. The van der Waals surface area contributed by atoms with Crippen molar-refractivity contribution in [2.24, 2.45) is 0 Å². The Labute approximate surface area is 106 Å². The quantitative estimate of drug-likeness (QED) is 0.334. The van der Waals surface area contributed by atoms with E-state index in [1.807, 2.05) is 30.3 Å². The lowest BCUT2D eigenvalue weighted by Gasteiger charge is -2.06. The standard InChI is InChI=1S/C14H16O4/c1-3-17-13(15)11(2)14(16)18-10-9-12-7-5-4-6-8-12/h4-8H,2-3,9-10H2,1H3. The van der Waals surface area contributed by atoms with E-state index in [2.05, 4.69) is 11.3 Å². The molecule has 18 heavy (non-hydrogen) atoms. The van der Waals surface area contributed by atoms with E-state index in [-0.39, 0.29) is 18.8 Å². The van der Waals surface area contributed by atoms with Crippen LogP contribution in [-0.2, 0) is 25.5 Å². The number of hydrogen-bond donors (Lipinski definition) is 0. The maximum Gasteiger partial charge on any atom is 0.344 e. The maximum atomic E-state index is 11.4. The molecule has 0 heterocycles. The predicted octanol–water partition coefficient (Wildman–Crippen LogP) is 1.89. The zero-order valence-corrected chi connectivity index (χ0v) is 10.3. The summed E-state index contributed by atoms with van der Waals surface area (Å²) in [5, 5.41) is 0. The number of hydrogen-bond acceptors (Lipinski definition) is 4. The molecule has 0 bridgehead atoms. The summed E-state index contributed by atoms with van der Waals surface area (Å²) in [7, 11) is 0. The Morgan fingerprint density at radius 3 is 2.33 bits per heavy atom. The van der Waals surface area contributed by atoms with E-state index in [1.165, 1.54) is 0 Å². The minimum Gasteiger partial charge on any atom is -0.462 e. The zero-order chi connectivity index (χ0) is 13.4. The van der Waals surface area contributed by atoms with Crippen LogP contribution in [0.4, 0.5) is 0 Å². The highest BCUT2D eigenvalue weighted by Crippen LogP contribution is 2.02. The van der Waals surface area contributed by atoms with E-state index < -0.39 is 11.9 Å². The maximum absolute atomic E-state index is 11.4. The minimum absolute atomic E-state index is 0.204. The Hall–Kier alpha value is -2.10. The van der Waals surface area contributed by atoms with E-state index in [4.69, 9.17) is 4.74 Å². The molecule has 0 atom stereocenters. The fourth-order valence-corrected chi connectivity index (χ4v) is 1.29. The highest BCUT2D eigenvalue weighted by molar-refractivity contribution is 6.13. The second kappa shape index (κ2) is 7.27. The topological polar surface area (TPSA) is 52.6 Å². The highest BCUT2D eigenvalue weighted by Gasteiger charge is 2.17. The summed E-state index contributed by atoms with van der Waals surface area (Å²) in [6.07, 6.45) is 0.600. The Morgan fingerprint density at radius 1 is 1.11 bits per heavy atom. The molecule has 0 aliphatic heterocycles. The van der Waals surface area contributed by atoms with Gasteiger partial charge in [-0.1, -0.05) is 36.9 Å². The van der Waals surface area contributed by atoms with Crippen LogP contribution in [0.3, 0.4) is 0 Å². The molecule has 0 saturated carbocycles. The van der Waals surface area contributed by atoms with Gasteiger partial charge in [0.05, 0.1) is 13.2 Å². The van der Waals surface area contributed by atoms with Crippen LogP contribution in [0.15, 0.2) is 42.5 Å². The summed E-state index contributed by atoms with van der Waals surface area (Å²) in [6.45, 7) is 5.42. The molecule has 1 rings (SSSR count). The number of benzene rings is 1. The van der Waals surface area contributed by atoms with Crippen LogP contribution in [0.1, 0.15) is 12.5 Å². The summed E-state index contributed by atoms with van der Waals surface area (Å²) >= 11 is 0. The molecule has 0 aliphatic carbocycles. The Kier molecular flexibility index (Phi) is 5.64. The van der Waals surface area contributed by atoms with E-state index in [1.54, 1.807) is 6.92 Å². The molecule has 0 unspecified atom stereocenters. The van der Waals surface area contributed by atoms with Crippen molar-refractivity contribution in [1.29, 1.82) is 0 Å². The Bertz CT molecular complexity index is 423. The first kappa shape index (κ1) is 14.0. The fourth-order valence-electron chi connectivity index (χ4n) is 1.29. The lowest BCUT2D eigenvalue weighted by Crippen LogP contribution is -2.18. The van der Waals surface area contributed by atoms with Gasteiger partial charge >= 0.3 is 11.9 Å². The van der Waals surface area contributed by atoms with Crippen molar-refractivity contribution >= 4 is 11.9 Å². The average molecular weight is 248 g/mol. The number of ether oxygens (including phenoxy) is 2. The van der Waals surface area contributed by atoms with Gasteiger partial charge in [0.2, 0.25) is 0 Å². The fraction of sp³-hybridized carbons (Fsp3) is 0.286. The number of carbonyl (C=O) groups excluding carboxylic acids is 2. The van der Waals surface area contributed by atoms with Gasteiger partial charge in [0.15, 0.2) is 0 Å². The molecular formula is C14H16O4. The van der Waals surface area contributed by atoms with Crippen LogP contribution < -0.4 is 0 Å². The monoisotopic (exact) mass is 248 g/mol. The third kappa shape index (κ3) is 4.41. The first-order valence-corrected chi connectivity index (χ1v) is 5.72. The van der Waals surface area contributed by atoms with E-state index in [9.17, 15) is 9.59 Å². The molecule has 0 aromatic heterocycles. The third-order valence-electron chi connectivity index (χ3n) is 2.23. The van der Waals surface area contributed by atoms with E-state index >= 15 is 0 Å². The molecule has 0 radical (unpaired) electrons. The van der Waals surface area contributed by atoms with Gasteiger partial charge in [-0.05, 0) is 12.5 Å². The summed E-state index contributed by atoms with van der Waals surface area (Å²) in [5.41, 5.74) is 0.789. The van der Waals surface area contributed by atoms with Crippen molar-refractivity contribution in [2.45, 2.75) is 13.3 Å². The van der Waals surface area contributed by atoms with Gasteiger partial charge < -0.3 is 9.47 Å². The van der Waals surface area contributed by atoms with Gasteiger partial charge in [0.1, 0.15) is 5.57 Å². The lowest BCUT2D eigenvalue weighted by atomic mass is 10.2. The first-order chi connectivity index (χ1) is 8.65. The third-order valence-corrected chi connectivity index (χ3v) is 2.23. The predicted molar refractivity (Wildman–Crippen MR) is 66.9 cm³/mol. The average Bonchev–Trinajstić information content (AvgIpc) is 2.39. The van der Waals surface area contributed by atoms with Crippen LogP contribution in [0.25, 0.3) is 0 Å². The molecular weight excluding hydrogens is 232 g/mol. The normalized spacial score (nSPS) is 9.61. The molecule has 1 aromatic rings. The molecule has 0 spiro atoms. The first-order valence-electron chi connectivity index (χ1n) is 5.72. The number of esters is 2. The largest absolute Gasteiger partial charge is 0.462 e. The Morgan fingerprint density at radius 2 is 1.72 bits per heavy atom. The minimum atomic E-state index is -0.734. The highest BCUT2D eigenvalue weighted by atomic mass is 16.6. The summed E-state index contributed by atoms with van der Waals surface area (Å²) in [4.78, 5) is 22.6. The molecule has 4 heteroatoms. The molecule has 0 amide bonds. The van der Waals surface area contributed by atoms with Gasteiger partial charge in [-0.25, -0.2) is 9.59 Å². The van der Waals surface area contributed by atoms with Crippen LogP contribution >= 0.6 is 0 Å². The molecule has 0 saturated heterocycles. The summed E-state index contributed by atoms with van der Waals surface area (Å²) in [5.74, 6) is -1.47. The number of carbonyl (C=O) groups is 2. The van der Waals surface area contributed by atoms with Crippen molar-refractivity contribution in [3.8, 4) is 0 Å². The zero-order valence-electron chi connectivity index (χ0n) is 10.3. The van der Waals surface area contributed by atoms with Crippen LogP contribution in [-0.4, -0.2) is 25.2 Å². The van der Waals surface area contributed by atoms with Gasteiger partial charge in [0, 0.05) is 6.42 Å². The van der Waals surface area contributed by atoms with E-state index in [0.29, 0.717) is 6.42 Å². The van der Waals surface area contributed by atoms with Gasteiger partial charge in [0.25, 0.3) is 0 Å². The summed E-state index contributed by atoms with van der Waals surface area (Å²) < 4.78 is 9.59. The van der Waals surface area contributed by atoms with E-state index in [0.717, 1.165) is 5.56 Å². The molecule has 0 aliphatic rings. The second-order valence-electron chi connectivity index (χ2n) is 3.57. The van der Waals surface area contributed by atoms with Crippen molar-refractivity contribution < 1.29 is 19.1 Å². The van der Waals surface area contributed by atoms with Crippen molar-refractivity contribution in [3.05, 3.63) is 48.0 Å². The molecule has 4 nitrogen and oxygen atoms in total. The van der Waals surface area contributed by atoms with Crippen LogP contribution in [0, 0.1) is 0 Å². The smallest absolute Gasteiger partial charge is 0.344 e.